The summed E-state index contributed by atoms with van der Waals surface area (Å²) >= 11 is 0. The number of nitrogens with one attached hydrogen (secondary N) is 1. The first-order valence-electron chi connectivity index (χ1n) is 10.6. The molecule has 4 rings (SSSR count). The van der Waals surface area contributed by atoms with Gasteiger partial charge in [-0.2, -0.15) is 23.2 Å². The van der Waals surface area contributed by atoms with Gasteiger partial charge in [0.05, 0.1) is 22.5 Å². The summed E-state index contributed by atoms with van der Waals surface area (Å²) < 4.78 is 81.1. The van der Waals surface area contributed by atoms with Gasteiger partial charge in [0.2, 0.25) is 10.0 Å². The summed E-state index contributed by atoms with van der Waals surface area (Å²) in [6, 6.07) is 10.2. The molecular formula is C24H19F4N5O2S. The molecule has 186 valence electrons. The molecule has 36 heavy (non-hydrogen) atoms. The number of fused-ring (bicyclic) bond motifs is 1. The number of sulfonamides is 1. The number of nitrogens with zero attached hydrogens (tertiary/aromatic N) is 4. The van der Waals surface area contributed by atoms with E-state index in [1.807, 2.05) is 0 Å². The first kappa shape index (κ1) is 25.3. The maximum absolute atomic E-state index is 14.4. The Morgan fingerprint density at radius 1 is 1.14 bits per heavy atom. The molecule has 0 aliphatic carbocycles. The van der Waals surface area contributed by atoms with Crippen LogP contribution in [0.5, 0.6) is 0 Å². The number of halogens is 4. The number of pyridine rings is 2. The fraction of sp³-hybridized carbons (Fsp3) is 0.208. The number of aromatic nitrogens is 3. The minimum absolute atomic E-state index is 0.0825. The molecule has 0 radical (unpaired) electrons. The Kier molecular flexibility index (Phi) is 6.32. The summed E-state index contributed by atoms with van der Waals surface area (Å²) in [6.45, 7) is 4.04. The molecule has 1 aromatic carbocycles. The lowest BCUT2D eigenvalue weighted by atomic mass is 10.1. The average molecular weight is 518 g/mol. The van der Waals surface area contributed by atoms with Gasteiger partial charge in [0.1, 0.15) is 28.6 Å². The van der Waals surface area contributed by atoms with Crippen molar-refractivity contribution in [1.29, 1.82) is 5.26 Å². The Morgan fingerprint density at radius 2 is 1.86 bits per heavy atom. The van der Waals surface area contributed by atoms with E-state index in [1.54, 1.807) is 47.4 Å². The summed E-state index contributed by atoms with van der Waals surface area (Å²) in [5.74, 6) is -0.0964. The van der Waals surface area contributed by atoms with E-state index in [4.69, 9.17) is 0 Å². The zero-order valence-electron chi connectivity index (χ0n) is 19.2. The fourth-order valence-electron chi connectivity index (χ4n) is 3.71. The van der Waals surface area contributed by atoms with Gasteiger partial charge in [-0.05, 0) is 62.7 Å². The van der Waals surface area contributed by atoms with Crippen LogP contribution in [0.25, 0.3) is 28.1 Å². The molecule has 12 heteroatoms. The number of hydrogen-bond acceptors (Lipinski definition) is 5. The third kappa shape index (κ3) is 4.55. The molecule has 0 fully saturated rings. The van der Waals surface area contributed by atoms with E-state index in [2.05, 4.69) is 16.0 Å². The van der Waals surface area contributed by atoms with Gasteiger partial charge >= 0.3 is 6.18 Å². The van der Waals surface area contributed by atoms with Crippen molar-refractivity contribution < 1.29 is 26.0 Å². The van der Waals surface area contributed by atoms with Crippen molar-refractivity contribution in [2.45, 2.75) is 37.9 Å². The van der Waals surface area contributed by atoms with Crippen molar-refractivity contribution in [3.63, 3.8) is 0 Å². The average Bonchev–Trinajstić information content (AvgIpc) is 3.11. The smallest absolute Gasteiger partial charge is 0.291 e. The predicted molar refractivity (Wildman–Crippen MR) is 124 cm³/mol. The highest BCUT2D eigenvalue weighted by Crippen LogP contribution is 2.36. The molecule has 0 amide bonds. The highest BCUT2D eigenvalue weighted by molar-refractivity contribution is 7.89. The van der Waals surface area contributed by atoms with Crippen LogP contribution in [0.4, 0.5) is 17.6 Å². The first-order chi connectivity index (χ1) is 16.8. The summed E-state index contributed by atoms with van der Waals surface area (Å²) in [5.41, 5.74) is 1.96. The number of nitriles is 1. The van der Waals surface area contributed by atoms with Gasteiger partial charge in [-0.1, -0.05) is 6.07 Å². The van der Waals surface area contributed by atoms with Crippen LogP contribution in [-0.2, 0) is 10.0 Å². The largest absolute Gasteiger partial charge is 0.404 e. The van der Waals surface area contributed by atoms with Gasteiger partial charge in [-0.3, -0.25) is 9.55 Å². The number of rotatable bonds is 5. The number of aryl methyl sites for hydroxylation is 2. The minimum atomic E-state index is -4.77. The minimum Gasteiger partial charge on any atom is -0.291 e. The van der Waals surface area contributed by atoms with Gasteiger partial charge in [0, 0.05) is 17.3 Å². The van der Waals surface area contributed by atoms with Crippen LogP contribution in [-0.4, -0.2) is 35.2 Å². The van der Waals surface area contributed by atoms with Gasteiger partial charge in [-0.25, -0.2) is 17.8 Å². The Hall–Kier alpha value is -3.82. The molecule has 0 saturated heterocycles. The van der Waals surface area contributed by atoms with Crippen molar-refractivity contribution in [1.82, 2.24) is 19.3 Å². The first-order valence-corrected chi connectivity index (χ1v) is 12.1. The Morgan fingerprint density at radius 3 is 2.44 bits per heavy atom. The van der Waals surface area contributed by atoms with Crippen molar-refractivity contribution in [2.75, 3.05) is 0 Å². The normalized spacial score (nSPS) is 13.1. The molecule has 0 saturated carbocycles. The summed E-state index contributed by atoms with van der Waals surface area (Å²) in [4.78, 5) is 8.17. The van der Waals surface area contributed by atoms with Crippen molar-refractivity contribution in [3.8, 4) is 23.3 Å². The summed E-state index contributed by atoms with van der Waals surface area (Å²) in [6.07, 6.45) is -3.86. The van der Waals surface area contributed by atoms with E-state index in [-0.39, 0.29) is 17.0 Å². The van der Waals surface area contributed by atoms with Crippen LogP contribution in [0.1, 0.15) is 23.7 Å². The number of hydrogen-bond donors (Lipinski definition) is 1. The highest BCUT2D eigenvalue weighted by atomic mass is 32.2. The maximum atomic E-state index is 14.4. The SMILES string of the molecule is Cc1cccc(-n2c(-c3ccc(S(=O)(=O)N[C@@H](C)C(F)(F)F)cn3)c(C#N)c3cc(F)c(C)cc32)n1. The lowest BCUT2D eigenvalue weighted by Gasteiger charge is -2.17. The number of alkyl halides is 3. The molecule has 0 spiro atoms. The van der Waals surface area contributed by atoms with Crippen molar-refractivity contribution >= 4 is 20.9 Å². The fourth-order valence-corrected chi connectivity index (χ4v) is 4.88. The Labute approximate surface area is 204 Å². The van der Waals surface area contributed by atoms with Crippen LogP contribution in [0.15, 0.2) is 53.6 Å². The van der Waals surface area contributed by atoms with Crippen LogP contribution in [0.2, 0.25) is 0 Å². The maximum Gasteiger partial charge on any atom is 0.404 e. The van der Waals surface area contributed by atoms with E-state index >= 15 is 0 Å². The van der Waals surface area contributed by atoms with Crippen LogP contribution in [0, 0.1) is 31.0 Å². The second-order valence-electron chi connectivity index (χ2n) is 8.19. The monoisotopic (exact) mass is 517 g/mol. The lowest BCUT2D eigenvalue weighted by Crippen LogP contribution is -2.42. The van der Waals surface area contributed by atoms with Gasteiger partial charge in [0.15, 0.2) is 0 Å². The van der Waals surface area contributed by atoms with E-state index in [1.165, 1.54) is 12.1 Å². The van der Waals surface area contributed by atoms with Crippen LogP contribution < -0.4 is 4.72 Å². The Bertz CT molecular complexity index is 1620. The molecule has 3 heterocycles. The second-order valence-corrected chi connectivity index (χ2v) is 9.90. The quantitative estimate of drug-likeness (QED) is 0.378. The molecule has 4 aromatic rings. The van der Waals surface area contributed by atoms with E-state index in [0.29, 0.717) is 34.9 Å². The third-order valence-electron chi connectivity index (χ3n) is 5.57. The molecule has 0 unspecified atom stereocenters. The van der Waals surface area contributed by atoms with E-state index < -0.39 is 33.0 Å². The topological polar surface area (TPSA) is 101 Å². The second kappa shape index (κ2) is 9.00. The molecule has 1 N–H and O–H groups in total. The van der Waals surface area contributed by atoms with Gasteiger partial charge in [0.25, 0.3) is 0 Å². The van der Waals surface area contributed by atoms with E-state index in [9.17, 15) is 31.2 Å². The summed E-state index contributed by atoms with van der Waals surface area (Å²) in [7, 11) is -4.53. The predicted octanol–water partition coefficient (Wildman–Crippen LogP) is 4.94. The molecular weight excluding hydrogens is 498 g/mol. The van der Waals surface area contributed by atoms with Crippen molar-refractivity contribution in [2.24, 2.45) is 0 Å². The molecule has 0 aliphatic rings. The molecule has 3 aromatic heterocycles. The molecule has 0 bridgehead atoms. The molecule has 1 atom stereocenters. The van der Waals surface area contributed by atoms with Gasteiger partial charge in [-0.15, -0.1) is 0 Å². The van der Waals surface area contributed by atoms with Crippen LogP contribution in [0.3, 0.4) is 0 Å². The van der Waals surface area contributed by atoms with Crippen molar-refractivity contribution in [3.05, 3.63) is 71.3 Å². The summed E-state index contributed by atoms with van der Waals surface area (Å²) in [5, 5.41) is 10.3. The van der Waals surface area contributed by atoms with E-state index in [0.717, 1.165) is 12.3 Å². The molecule has 0 aliphatic heterocycles. The zero-order chi connectivity index (χ0) is 26.4. The van der Waals surface area contributed by atoms with Gasteiger partial charge < -0.3 is 0 Å². The number of benzene rings is 1. The third-order valence-corrected chi connectivity index (χ3v) is 7.10. The standard InChI is InChI=1S/C24H19F4N5O2S/c1-13-9-21-17(10-19(13)25)18(11-29)23(33(21)22-6-4-5-14(2)31-22)20-8-7-16(12-30-20)36(34,35)32-15(3)24(26,27)28/h4-10,12,15,32H,1-3H3/t15-/m0/s1. The Balaban J connectivity index is 1.92. The highest BCUT2D eigenvalue weighted by Gasteiger charge is 2.39. The lowest BCUT2D eigenvalue weighted by molar-refractivity contribution is -0.147. The van der Waals surface area contributed by atoms with Crippen LogP contribution >= 0.6 is 0 Å². The molecule has 7 nitrogen and oxygen atoms in total. The zero-order valence-corrected chi connectivity index (χ0v) is 20.0.